The average molecular weight is 362 g/mol. The van der Waals surface area contributed by atoms with Gasteiger partial charge in [0.2, 0.25) is 0 Å². The number of fused-ring (bicyclic) bond motifs is 2. The van der Waals surface area contributed by atoms with E-state index in [1.165, 1.54) is 12.8 Å². The fourth-order valence-electron chi connectivity index (χ4n) is 3.93. The molecule has 0 saturated carbocycles. The van der Waals surface area contributed by atoms with E-state index in [2.05, 4.69) is 29.6 Å². The van der Waals surface area contributed by atoms with Crippen molar-refractivity contribution >= 4 is 23.2 Å². The number of hydrogen-bond acceptors (Lipinski definition) is 2. The van der Waals surface area contributed by atoms with Crippen LogP contribution in [0.3, 0.4) is 0 Å². The highest BCUT2D eigenvalue weighted by Gasteiger charge is 2.35. The molecule has 2 saturated heterocycles. The minimum atomic E-state index is -0.0815. The zero-order valence-corrected chi connectivity index (χ0v) is 14.9. The highest BCUT2D eigenvalue weighted by atomic mass is 35.5. The van der Waals surface area contributed by atoms with E-state index in [1.54, 1.807) is 0 Å². The molecule has 4 rings (SSSR count). The third-order valence-electron chi connectivity index (χ3n) is 5.10. The van der Waals surface area contributed by atoms with Gasteiger partial charge >= 0.3 is 0 Å². The second kappa shape index (κ2) is 7.05. The van der Waals surface area contributed by atoms with Crippen molar-refractivity contribution in [3.8, 4) is 0 Å². The van der Waals surface area contributed by atoms with Crippen molar-refractivity contribution in [3.05, 3.63) is 69.7 Å². The quantitative estimate of drug-likeness (QED) is 0.788. The van der Waals surface area contributed by atoms with Crippen LogP contribution in [0, 0.1) is 0 Å². The van der Waals surface area contributed by atoms with Crippen molar-refractivity contribution in [2.24, 2.45) is 0 Å². The summed E-state index contributed by atoms with van der Waals surface area (Å²) in [6.45, 7) is 0. The van der Waals surface area contributed by atoms with Gasteiger partial charge in [0.1, 0.15) is 6.10 Å². The molecule has 0 spiro atoms. The van der Waals surface area contributed by atoms with Crippen LogP contribution in [0.25, 0.3) is 0 Å². The molecular weight excluding hydrogens is 341 g/mol. The Morgan fingerprint density at radius 2 is 1.25 bits per heavy atom. The van der Waals surface area contributed by atoms with Crippen molar-refractivity contribution in [3.63, 3.8) is 0 Å². The summed E-state index contributed by atoms with van der Waals surface area (Å²) in [5.41, 5.74) is 2.26. The number of hydrogen-bond donors (Lipinski definition) is 1. The fraction of sp³-hybridized carbons (Fsp3) is 0.400. The Labute approximate surface area is 153 Å². The smallest absolute Gasteiger partial charge is 0.108 e. The zero-order valence-electron chi connectivity index (χ0n) is 13.4. The van der Waals surface area contributed by atoms with Crippen LogP contribution in [0.15, 0.2) is 48.5 Å². The Morgan fingerprint density at radius 3 is 1.71 bits per heavy atom. The summed E-state index contributed by atoms with van der Waals surface area (Å²) in [5, 5.41) is 5.16. The van der Waals surface area contributed by atoms with Crippen molar-refractivity contribution in [2.75, 3.05) is 0 Å². The topological polar surface area (TPSA) is 21.3 Å². The first-order valence-electron chi connectivity index (χ1n) is 8.60. The molecule has 0 amide bonds. The van der Waals surface area contributed by atoms with Crippen LogP contribution >= 0.6 is 23.2 Å². The Balaban J connectivity index is 1.60. The van der Waals surface area contributed by atoms with Crippen LogP contribution in [0.1, 0.15) is 42.9 Å². The van der Waals surface area contributed by atoms with Gasteiger partial charge in [0, 0.05) is 22.1 Å². The molecule has 2 nitrogen and oxygen atoms in total. The van der Waals surface area contributed by atoms with E-state index in [9.17, 15) is 0 Å². The highest BCUT2D eigenvalue weighted by Crippen LogP contribution is 2.35. The predicted octanol–water partition coefficient (Wildman–Crippen LogP) is 5.38. The number of benzene rings is 2. The summed E-state index contributed by atoms with van der Waals surface area (Å²) in [4.78, 5) is 0. The van der Waals surface area contributed by atoms with Crippen LogP contribution in [0.5, 0.6) is 0 Å². The second-order valence-electron chi connectivity index (χ2n) is 6.85. The van der Waals surface area contributed by atoms with Gasteiger partial charge in [-0.25, -0.2) is 0 Å². The Kier molecular flexibility index (Phi) is 4.82. The van der Waals surface area contributed by atoms with Gasteiger partial charge < -0.3 is 10.1 Å². The molecule has 126 valence electrons. The van der Waals surface area contributed by atoms with E-state index in [0.29, 0.717) is 18.2 Å². The van der Waals surface area contributed by atoms with Crippen molar-refractivity contribution in [1.29, 1.82) is 0 Å². The number of halogens is 2. The monoisotopic (exact) mass is 361 g/mol. The van der Waals surface area contributed by atoms with E-state index < -0.39 is 0 Å². The lowest BCUT2D eigenvalue weighted by atomic mass is 9.98. The molecule has 2 fully saturated rings. The standard InChI is InChI=1S/C20H21Cl2NO/c21-15-5-1-13(2-6-15)20(14-3-7-16(22)8-4-14)24-19-11-17-9-10-18(12-19)23-17/h1-8,17-20,23H,9-12H2/t17-,18+,19?. The lowest BCUT2D eigenvalue weighted by Crippen LogP contribution is -2.41. The third-order valence-corrected chi connectivity index (χ3v) is 5.61. The lowest BCUT2D eigenvalue weighted by Gasteiger charge is -2.32. The van der Waals surface area contributed by atoms with Crippen LogP contribution in [0.4, 0.5) is 0 Å². The van der Waals surface area contributed by atoms with Gasteiger partial charge in [-0.05, 0) is 61.1 Å². The average Bonchev–Trinajstić information content (AvgIpc) is 2.93. The van der Waals surface area contributed by atoms with Gasteiger partial charge in [-0.15, -0.1) is 0 Å². The first-order valence-corrected chi connectivity index (χ1v) is 9.35. The number of nitrogens with one attached hydrogen (secondary N) is 1. The summed E-state index contributed by atoms with van der Waals surface area (Å²) in [7, 11) is 0. The Hall–Kier alpha value is -1.06. The van der Waals surface area contributed by atoms with Crippen molar-refractivity contribution < 1.29 is 4.74 Å². The molecular formula is C20H21Cl2NO. The maximum atomic E-state index is 6.60. The second-order valence-corrected chi connectivity index (χ2v) is 7.72. The molecule has 0 radical (unpaired) electrons. The predicted molar refractivity (Wildman–Crippen MR) is 98.8 cm³/mol. The van der Waals surface area contributed by atoms with E-state index in [-0.39, 0.29) is 6.10 Å². The maximum absolute atomic E-state index is 6.60. The molecule has 1 N–H and O–H groups in total. The molecule has 2 bridgehead atoms. The molecule has 0 aliphatic carbocycles. The molecule has 1 unspecified atom stereocenters. The molecule has 3 atom stereocenters. The number of rotatable bonds is 4. The maximum Gasteiger partial charge on any atom is 0.108 e. The Bertz CT molecular complexity index is 628. The number of piperidine rings is 1. The normalized spacial score (nSPS) is 26.0. The molecule has 24 heavy (non-hydrogen) atoms. The highest BCUT2D eigenvalue weighted by molar-refractivity contribution is 6.30. The van der Waals surface area contributed by atoms with Gasteiger partial charge in [0.15, 0.2) is 0 Å². The molecule has 0 aromatic heterocycles. The van der Waals surface area contributed by atoms with Gasteiger partial charge in [-0.2, -0.15) is 0 Å². The summed E-state index contributed by atoms with van der Waals surface area (Å²) < 4.78 is 6.60. The third kappa shape index (κ3) is 3.62. The van der Waals surface area contributed by atoms with E-state index >= 15 is 0 Å². The van der Waals surface area contributed by atoms with Crippen LogP contribution < -0.4 is 5.32 Å². The summed E-state index contributed by atoms with van der Waals surface area (Å²) >= 11 is 12.1. The van der Waals surface area contributed by atoms with Gasteiger partial charge in [-0.3, -0.25) is 0 Å². The minimum Gasteiger partial charge on any atom is -0.365 e. The van der Waals surface area contributed by atoms with Crippen LogP contribution in [-0.4, -0.2) is 18.2 Å². The largest absolute Gasteiger partial charge is 0.365 e. The molecule has 2 heterocycles. The van der Waals surface area contributed by atoms with Gasteiger partial charge in [0.25, 0.3) is 0 Å². The zero-order chi connectivity index (χ0) is 16.5. The van der Waals surface area contributed by atoms with Crippen molar-refractivity contribution in [1.82, 2.24) is 5.32 Å². The Morgan fingerprint density at radius 1 is 0.792 bits per heavy atom. The fourth-order valence-corrected chi connectivity index (χ4v) is 4.19. The van der Waals surface area contributed by atoms with Gasteiger partial charge in [-0.1, -0.05) is 47.5 Å². The van der Waals surface area contributed by atoms with E-state index in [0.717, 1.165) is 34.0 Å². The van der Waals surface area contributed by atoms with Crippen LogP contribution in [-0.2, 0) is 4.74 Å². The number of ether oxygens (including phenoxy) is 1. The van der Waals surface area contributed by atoms with E-state index in [1.807, 2.05) is 24.3 Å². The SMILES string of the molecule is Clc1ccc(C(OC2C[C@H]3CC[C@@H](C2)N3)c2ccc(Cl)cc2)cc1. The minimum absolute atomic E-state index is 0.0815. The first kappa shape index (κ1) is 16.4. The van der Waals surface area contributed by atoms with Crippen molar-refractivity contribution in [2.45, 2.75) is 50.0 Å². The first-order chi connectivity index (χ1) is 11.7. The van der Waals surface area contributed by atoms with Gasteiger partial charge in [0.05, 0.1) is 6.10 Å². The summed E-state index contributed by atoms with van der Waals surface area (Å²) in [6, 6.07) is 17.1. The molecule has 2 aromatic rings. The molecule has 2 aliphatic heterocycles. The molecule has 4 heteroatoms. The molecule has 2 aliphatic rings. The lowest BCUT2D eigenvalue weighted by molar-refractivity contribution is -0.0181. The summed E-state index contributed by atoms with van der Waals surface area (Å²) in [6.07, 6.45) is 4.94. The summed E-state index contributed by atoms with van der Waals surface area (Å²) in [5.74, 6) is 0. The molecule has 2 aromatic carbocycles. The van der Waals surface area contributed by atoms with Crippen LogP contribution in [0.2, 0.25) is 10.0 Å². The van der Waals surface area contributed by atoms with E-state index in [4.69, 9.17) is 27.9 Å².